The van der Waals surface area contributed by atoms with Crippen LogP contribution in [-0.2, 0) is 6.18 Å². The first-order valence-electron chi connectivity index (χ1n) is 5.95. The van der Waals surface area contributed by atoms with Gasteiger partial charge in [0.2, 0.25) is 0 Å². The van der Waals surface area contributed by atoms with Crippen LogP contribution in [0.5, 0.6) is 0 Å². The largest absolute Gasteiger partial charge is 0.417 e. The zero-order valence-corrected chi connectivity index (χ0v) is 11.0. The Hall–Kier alpha value is -1.01. The average molecular weight is 295 g/mol. The van der Waals surface area contributed by atoms with Crippen LogP contribution < -0.4 is 4.90 Å². The van der Waals surface area contributed by atoms with Crippen molar-refractivity contribution in [3.8, 4) is 0 Å². The van der Waals surface area contributed by atoms with Gasteiger partial charge in [0.05, 0.1) is 23.2 Å². The van der Waals surface area contributed by atoms with Crippen molar-refractivity contribution in [1.82, 2.24) is 4.98 Å². The van der Waals surface area contributed by atoms with Gasteiger partial charge in [0.15, 0.2) is 0 Å². The van der Waals surface area contributed by atoms with Crippen LogP contribution in [0.15, 0.2) is 12.3 Å². The van der Waals surface area contributed by atoms with Crippen molar-refractivity contribution in [2.45, 2.75) is 25.6 Å². The monoisotopic (exact) mass is 294 g/mol. The topological polar surface area (TPSA) is 36.4 Å². The number of hydrogen-bond acceptors (Lipinski definition) is 3. The lowest BCUT2D eigenvalue weighted by molar-refractivity contribution is -0.137. The maximum absolute atomic E-state index is 12.5. The average Bonchev–Trinajstić information content (AvgIpc) is 2.69. The number of aliphatic hydroxyl groups excluding tert-OH is 1. The first-order chi connectivity index (χ1) is 8.84. The summed E-state index contributed by atoms with van der Waals surface area (Å²) in [4.78, 5) is 5.59. The Morgan fingerprint density at radius 3 is 2.74 bits per heavy atom. The summed E-state index contributed by atoms with van der Waals surface area (Å²) >= 11 is 5.90. The second-order valence-electron chi connectivity index (χ2n) is 4.74. The van der Waals surface area contributed by atoms with E-state index >= 15 is 0 Å². The van der Waals surface area contributed by atoms with Crippen LogP contribution in [0.4, 0.5) is 19.0 Å². The van der Waals surface area contributed by atoms with Crippen molar-refractivity contribution in [2.75, 3.05) is 18.1 Å². The van der Waals surface area contributed by atoms with Gasteiger partial charge in [-0.25, -0.2) is 4.98 Å². The lowest BCUT2D eigenvalue weighted by Gasteiger charge is -2.27. The smallest absolute Gasteiger partial charge is 0.394 e. The van der Waals surface area contributed by atoms with E-state index in [9.17, 15) is 18.3 Å². The lowest BCUT2D eigenvalue weighted by atomic mass is 10.0. The molecule has 2 heterocycles. The normalized spacial score (nSPS) is 24.0. The highest BCUT2D eigenvalue weighted by atomic mass is 35.5. The van der Waals surface area contributed by atoms with Crippen LogP contribution in [0.2, 0.25) is 5.02 Å². The summed E-state index contributed by atoms with van der Waals surface area (Å²) in [6.45, 7) is 2.55. The minimum atomic E-state index is -4.45. The number of anilines is 1. The number of pyridine rings is 1. The molecule has 0 bridgehead atoms. The maximum atomic E-state index is 12.5. The van der Waals surface area contributed by atoms with Crippen LogP contribution in [0.25, 0.3) is 0 Å². The van der Waals surface area contributed by atoms with E-state index in [-0.39, 0.29) is 23.6 Å². The molecule has 2 atom stereocenters. The van der Waals surface area contributed by atoms with Gasteiger partial charge in [0.25, 0.3) is 0 Å². The van der Waals surface area contributed by atoms with Crippen molar-refractivity contribution < 1.29 is 18.3 Å². The summed E-state index contributed by atoms with van der Waals surface area (Å²) in [5.41, 5.74) is -0.867. The Balaban J connectivity index is 2.32. The van der Waals surface area contributed by atoms with E-state index in [1.807, 2.05) is 6.92 Å². The molecule has 0 aliphatic carbocycles. The highest BCUT2D eigenvalue weighted by Gasteiger charge is 2.35. The van der Waals surface area contributed by atoms with Crippen molar-refractivity contribution >= 4 is 17.4 Å². The number of alkyl halides is 3. The third kappa shape index (κ3) is 2.79. The number of rotatable bonds is 2. The fourth-order valence-corrected chi connectivity index (χ4v) is 2.62. The molecule has 0 radical (unpaired) electrons. The minimum Gasteiger partial charge on any atom is -0.394 e. The van der Waals surface area contributed by atoms with Gasteiger partial charge in [-0.1, -0.05) is 18.5 Å². The molecule has 1 aromatic heterocycles. The molecule has 2 unspecified atom stereocenters. The number of aliphatic hydroxyl groups is 1. The molecular formula is C12H14ClF3N2O. The maximum Gasteiger partial charge on any atom is 0.417 e. The van der Waals surface area contributed by atoms with Gasteiger partial charge in [-0.15, -0.1) is 0 Å². The molecule has 1 aliphatic heterocycles. The van der Waals surface area contributed by atoms with Crippen LogP contribution in [0.1, 0.15) is 18.9 Å². The second kappa shape index (κ2) is 5.17. The molecule has 106 valence electrons. The highest BCUT2D eigenvalue weighted by Crippen LogP contribution is 2.36. The van der Waals surface area contributed by atoms with E-state index in [0.29, 0.717) is 12.4 Å². The highest BCUT2D eigenvalue weighted by molar-refractivity contribution is 6.33. The van der Waals surface area contributed by atoms with E-state index in [1.54, 1.807) is 4.90 Å². The van der Waals surface area contributed by atoms with E-state index in [4.69, 9.17) is 11.6 Å². The lowest BCUT2D eigenvalue weighted by Crippen LogP contribution is -2.36. The zero-order valence-electron chi connectivity index (χ0n) is 10.3. The summed E-state index contributed by atoms with van der Waals surface area (Å²) in [6.07, 6.45) is -2.83. The molecule has 0 spiro atoms. The molecule has 1 saturated heterocycles. The Morgan fingerprint density at radius 2 is 2.21 bits per heavy atom. The Kier molecular flexibility index (Phi) is 3.92. The molecule has 0 amide bonds. The van der Waals surface area contributed by atoms with E-state index in [0.717, 1.165) is 18.7 Å². The van der Waals surface area contributed by atoms with Gasteiger partial charge in [0, 0.05) is 12.7 Å². The summed E-state index contributed by atoms with van der Waals surface area (Å²) < 4.78 is 37.6. The van der Waals surface area contributed by atoms with Gasteiger partial charge < -0.3 is 10.0 Å². The van der Waals surface area contributed by atoms with Gasteiger partial charge in [-0.2, -0.15) is 13.2 Å². The third-order valence-electron chi connectivity index (χ3n) is 3.49. The van der Waals surface area contributed by atoms with Crippen molar-refractivity contribution in [2.24, 2.45) is 5.92 Å². The standard InChI is InChI=1S/C12H14ClF3N2O/c1-7-2-3-18(10(7)6-19)11-9(13)4-8(5-17-11)12(14,15)16/h4-5,7,10,19H,2-3,6H2,1H3. The summed E-state index contributed by atoms with van der Waals surface area (Å²) in [5, 5.41) is 9.31. The number of nitrogens with zero attached hydrogens (tertiary/aromatic N) is 2. The quantitative estimate of drug-likeness (QED) is 0.911. The molecule has 0 aromatic carbocycles. The van der Waals surface area contributed by atoms with Crippen LogP contribution in [0, 0.1) is 5.92 Å². The van der Waals surface area contributed by atoms with Gasteiger partial charge in [0.1, 0.15) is 5.82 Å². The molecule has 7 heteroatoms. The molecule has 3 nitrogen and oxygen atoms in total. The van der Waals surface area contributed by atoms with Gasteiger partial charge in [-0.05, 0) is 18.4 Å². The Morgan fingerprint density at radius 1 is 1.53 bits per heavy atom. The Labute approximate surface area is 114 Å². The predicted octanol–water partition coefficient (Wildman–Crippen LogP) is 2.96. The summed E-state index contributed by atoms with van der Waals surface area (Å²) in [5.74, 6) is 0.559. The molecule has 1 aliphatic rings. The van der Waals surface area contributed by atoms with E-state index in [2.05, 4.69) is 4.98 Å². The van der Waals surface area contributed by atoms with Crippen LogP contribution in [0.3, 0.4) is 0 Å². The van der Waals surface area contributed by atoms with E-state index in [1.165, 1.54) is 0 Å². The third-order valence-corrected chi connectivity index (χ3v) is 3.77. The van der Waals surface area contributed by atoms with Gasteiger partial charge >= 0.3 is 6.18 Å². The van der Waals surface area contributed by atoms with E-state index < -0.39 is 11.7 Å². The Bertz CT molecular complexity index is 467. The first-order valence-corrected chi connectivity index (χ1v) is 6.32. The fourth-order valence-electron chi connectivity index (χ4n) is 2.35. The molecule has 1 fully saturated rings. The molecule has 1 aromatic rings. The molecule has 2 rings (SSSR count). The predicted molar refractivity (Wildman–Crippen MR) is 66.2 cm³/mol. The SMILES string of the molecule is CC1CCN(c2ncc(C(F)(F)F)cc2Cl)C1CO. The molecular weight excluding hydrogens is 281 g/mol. The summed E-state index contributed by atoms with van der Waals surface area (Å²) in [6, 6.07) is 0.725. The van der Waals surface area contributed by atoms with Gasteiger partial charge in [-0.3, -0.25) is 0 Å². The zero-order chi connectivity index (χ0) is 14.2. The first kappa shape index (κ1) is 14.4. The van der Waals surface area contributed by atoms with Crippen molar-refractivity contribution in [1.29, 1.82) is 0 Å². The van der Waals surface area contributed by atoms with Crippen molar-refractivity contribution in [3.63, 3.8) is 0 Å². The molecule has 1 N–H and O–H groups in total. The minimum absolute atomic E-state index is 0.0395. The number of aromatic nitrogens is 1. The van der Waals surface area contributed by atoms with Crippen molar-refractivity contribution in [3.05, 3.63) is 22.8 Å². The molecule has 19 heavy (non-hydrogen) atoms. The molecule has 0 saturated carbocycles. The fraction of sp³-hybridized carbons (Fsp3) is 0.583. The summed E-state index contributed by atoms with van der Waals surface area (Å²) in [7, 11) is 0. The number of hydrogen-bond donors (Lipinski definition) is 1. The van der Waals surface area contributed by atoms with Crippen LogP contribution in [-0.4, -0.2) is 29.3 Å². The number of halogens is 4. The van der Waals surface area contributed by atoms with Crippen LogP contribution >= 0.6 is 11.6 Å². The second-order valence-corrected chi connectivity index (χ2v) is 5.14.